The van der Waals surface area contributed by atoms with E-state index in [0.717, 1.165) is 11.3 Å². The summed E-state index contributed by atoms with van der Waals surface area (Å²) in [5.41, 5.74) is 0.848. The van der Waals surface area contributed by atoms with E-state index < -0.39 is 0 Å². The number of nitrogens with one attached hydrogen (secondary N) is 1. The molecule has 0 amide bonds. The van der Waals surface area contributed by atoms with E-state index >= 15 is 0 Å². The molecule has 2 rings (SSSR count). The van der Waals surface area contributed by atoms with Gasteiger partial charge in [0.05, 0.1) is 12.7 Å². The largest absolute Gasteiger partial charge is 0.445 e. The first kappa shape index (κ1) is 13.1. The van der Waals surface area contributed by atoms with Crippen molar-refractivity contribution in [3.05, 3.63) is 52.5 Å². The molecule has 1 unspecified atom stereocenters. The van der Waals surface area contributed by atoms with Gasteiger partial charge in [0.2, 0.25) is 5.89 Å². The molecule has 2 aromatic rings. The van der Waals surface area contributed by atoms with Crippen LogP contribution >= 0.6 is 11.6 Å². The maximum atomic E-state index is 12.9. The first-order chi connectivity index (χ1) is 8.56. The van der Waals surface area contributed by atoms with Crippen molar-refractivity contribution in [2.24, 2.45) is 0 Å². The van der Waals surface area contributed by atoms with E-state index in [0.29, 0.717) is 17.5 Å². The third kappa shape index (κ3) is 3.09. The summed E-state index contributed by atoms with van der Waals surface area (Å²) in [6, 6.07) is 4.38. The number of aromatic nitrogens is 1. The summed E-state index contributed by atoms with van der Waals surface area (Å²) in [5, 5.41) is 3.64. The van der Waals surface area contributed by atoms with E-state index in [9.17, 15) is 4.39 Å². The summed E-state index contributed by atoms with van der Waals surface area (Å²) in [7, 11) is 0. The zero-order chi connectivity index (χ0) is 13.1. The van der Waals surface area contributed by atoms with Crippen molar-refractivity contribution < 1.29 is 8.81 Å². The number of hydrogen-bond acceptors (Lipinski definition) is 3. The van der Waals surface area contributed by atoms with Crippen LogP contribution in [0.3, 0.4) is 0 Å². The van der Waals surface area contributed by atoms with Crippen LogP contribution in [0.4, 0.5) is 4.39 Å². The highest BCUT2D eigenvalue weighted by Gasteiger charge is 2.11. The summed E-state index contributed by atoms with van der Waals surface area (Å²) >= 11 is 5.99. The van der Waals surface area contributed by atoms with Crippen molar-refractivity contribution in [1.82, 2.24) is 10.3 Å². The van der Waals surface area contributed by atoms with Gasteiger partial charge in [-0.15, -0.1) is 0 Å². The highest BCUT2D eigenvalue weighted by atomic mass is 35.5. The van der Waals surface area contributed by atoms with Crippen LogP contribution in [0, 0.1) is 12.7 Å². The van der Waals surface area contributed by atoms with Gasteiger partial charge in [0.1, 0.15) is 11.6 Å². The molecule has 18 heavy (non-hydrogen) atoms. The zero-order valence-electron chi connectivity index (χ0n) is 10.2. The van der Waals surface area contributed by atoms with Crippen LogP contribution in [0.5, 0.6) is 0 Å². The predicted octanol–water partition coefficient (Wildman–Crippen LogP) is 3.63. The fourth-order valence-corrected chi connectivity index (χ4v) is 2.02. The van der Waals surface area contributed by atoms with Gasteiger partial charge in [-0.05, 0) is 31.5 Å². The number of nitrogens with zero attached hydrogens (tertiary/aromatic N) is 1. The monoisotopic (exact) mass is 268 g/mol. The van der Waals surface area contributed by atoms with Gasteiger partial charge >= 0.3 is 0 Å². The molecule has 0 spiro atoms. The Morgan fingerprint density at radius 1 is 1.50 bits per heavy atom. The van der Waals surface area contributed by atoms with Crippen LogP contribution in [0.2, 0.25) is 5.02 Å². The number of aryl methyl sites for hydroxylation is 1. The molecule has 0 aliphatic heterocycles. The Morgan fingerprint density at radius 3 is 2.89 bits per heavy atom. The van der Waals surface area contributed by atoms with Crippen LogP contribution < -0.4 is 5.32 Å². The Hall–Kier alpha value is -1.39. The van der Waals surface area contributed by atoms with Crippen LogP contribution in [0.15, 0.2) is 28.8 Å². The zero-order valence-corrected chi connectivity index (χ0v) is 11.0. The molecule has 1 heterocycles. The van der Waals surface area contributed by atoms with Crippen molar-refractivity contribution >= 4 is 11.6 Å². The molecule has 96 valence electrons. The normalized spacial score (nSPS) is 12.7. The first-order valence-corrected chi connectivity index (χ1v) is 6.03. The van der Waals surface area contributed by atoms with Gasteiger partial charge in [-0.1, -0.05) is 17.7 Å². The van der Waals surface area contributed by atoms with E-state index in [1.165, 1.54) is 12.1 Å². The highest BCUT2D eigenvalue weighted by molar-refractivity contribution is 6.31. The van der Waals surface area contributed by atoms with E-state index in [-0.39, 0.29) is 11.9 Å². The SMILES string of the molecule is Cc1cnc(CNC(C)c2ccc(F)cc2Cl)o1. The van der Waals surface area contributed by atoms with E-state index in [2.05, 4.69) is 10.3 Å². The van der Waals surface area contributed by atoms with Crippen LogP contribution in [0.25, 0.3) is 0 Å². The number of benzene rings is 1. The molecule has 0 bridgehead atoms. The van der Waals surface area contributed by atoms with Gasteiger partial charge in [-0.25, -0.2) is 9.37 Å². The first-order valence-electron chi connectivity index (χ1n) is 5.66. The lowest BCUT2D eigenvalue weighted by Crippen LogP contribution is -2.18. The molecule has 0 aliphatic carbocycles. The summed E-state index contributed by atoms with van der Waals surface area (Å²) in [4.78, 5) is 4.10. The Morgan fingerprint density at radius 2 is 2.28 bits per heavy atom. The molecule has 0 radical (unpaired) electrons. The minimum atomic E-state index is -0.334. The number of halogens is 2. The molecule has 3 nitrogen and oxygen atoms in total. The van der Waals surface area contributed by atoms with Crippen LogP contribution in [0.1, 0.15) is 30.2 Å². The summed E-state index contributed by atoms with van der Waals surface area (Å²) < 4.78 is 18.3. The predicted molar refractivity (Wildman–Crippen MR) is 67.9 cm³/mol. The Kier molecular flexibility index (Phi) is 3.99. The average molecular weight is 269 g/mol. The topological polar surface area (TPSA) is 38.1 Å². The van der Waals surface area contributed by atoms with E-state index in [1.54, 1.807) is 12.3 Å². The maximum Gasteiger partial charge on any atom is 0.208 e. The van der Waals surface area contributed by atoms with Gasteiger partial charge in [0, 0.05) is 11.1 Å². The van der Waals surface area contributed by atoms with E-state index in [4.69, 9.17) is 16.0 Å². The smallest absolute Gasteiger partial charge is 0.208 e. The second-order valence-corrected chi connectivity index (χ2v) is 4.54. The fourth-order valence-electron chi connectivity index (χ4n) is 1.69. The number of oxazole rings is 1. The van der Waals surface area contributed by atoms with Crippen molar-refractivity contribution in [3.8, 4) is 0 Å². The second-order valence-electron chi connectivity index (χ2n) is 4.13. The molecule has 1 N–H and O–H groups in total. The highest BCUT2D eigenvalue weighted by Crippen LogP contribution is 2.23. The molecule has 0 saturated carbocycles. The van der Waals surface area contributed by atoms with Gasteiger partial charge in [0.25, 0.3) is 0 Å². The quantitative estimate of drug-likeness (QED) is 0.920. The molecule has 1 atom stereocenters. The standard InChI is InChI=1S/C13H14ClFN2O/c1-8-6-17-13(18-8)7-16-9(2)11-4-3-10(15)5-12(11)14/h3-6,9,16H,7H2,1-2H3. The third-order valence-electron chi connectivity index (χ3n) is 2.66. The Bertz CT molecular complexity index is 542. The van der Waals surface area contributed by atoms with Gasteiger partial charge in [0.15, 0.2) is 0 Å². The summed E-state index contributed by atoms with van der Waals surface area (Å²) in [6.07, 6.45) is 1.67. The van der Waals surface area contributed by atoms with Crippen molar-refractivity contribution in [2.45, 2.75) is 26.4 Å². The summed E-state index contributed by atoms with van der Waals surface area (Å²) in [5.74, 6) is 1.07. The lowest BCUT2D eigenvalue weighted by Gasteiger charge is -2.14. The maximum absolute atomic E-state index is 12.9. The fraction of sp³-hybridized carbons (Fsp3) is 0.308. The van der Waals surface area contributed by atoms with Gasteiger partial charge in [-0.3, -0.25) is 0 Å². The van der Waals surface area contributed by atoms with Crippen LogP contribution in [-0.2, 0) is 6.54 Å². The molecule has 0 fully saturated rings. The van der Waals surface area contributed by atoms with Crippen LogP contribution in [-0.4, -0.2) is 4.98 Å². The minimum absolute atomic E-state index is 0.00898. The van der Waals surface area contributed by atoms with Crippen molar-refractivity contribution in [3.63, 3.8) is 0 Å². The van der Waals surface area contributed by atoms with E-state index in [1.807, 2.05) is 13.8 Å². The van der Waals surface area contributed by atoms with Gasteiger partial charge < -0.3 is 9.73 Å². The average Bonchev–Trinajstić information content (AvgIpc) is 2.72. The molecule has 1 aromatic carbocycles. The molecule has 0 saturated heterocycles. The van der Waals surface area contributed by atoms with Crippen molar-refractivity contribution in [2.75, 3.05) is 0 Å². The Labute approximate surface area is 110 Å². The minimum Gasteiger partial charge on any atom is -0.445 e. The number of rotatable bonds is 4. The lowest BCUT2D eigenvalue weighted by molar-refractivity contribution is 0.432. The number of hydrogen-bond donors (Lipinski definition) is 1. The molecule has 0 aliphatic rings. The summed E-state index contributed by atoms with van der Waals surface area (Å²) in [6.45, 7) is 4.30. The van der Waals surface area contributed by atoms with Crippen molar-refractivity contribution in [1.29, 1.82) is 0 Å². The molecule has 1 aromatic heterocycles. The van der Waals surface area contributed by atoms with Gasteiger partial charge in [-0.2, -0.15) is 0 Å². The lowest BCUT2D eigenvalue weighted by atomic mass is 10.1. The molecule has 5 heteroatoms. The Balaban J connectivity index is 2.01. The molecular weight excluding hydrogens is 255 g/mol. The third-order valence-corrected chi connectivity index (χ3v) is 2.98. The second kappa shape index (κ2) is 5.50. The molecular formula is C13H14ClFN2O.